The number of benzene rings is 1. The second-order valence-corrected chi connectivity index (χ2v) is 9.91. The van der Waals surface area contributed by atoms with Gasteiger partial charge in [-0.3, -0.25) is 19.2 Å². The van der Waals surface area contributed by atoms with Crippen LogP contribution in [0.4, 0.5) is 0 Å². The quantitative estimate of drug-likeness (QED) is 0.607. The number of nitrogens with one attached hydrogen (secondary N) is 1. The van der Waals surface area contributed by atoms with Crippen LogP contribution in [0, 0.1) is 17.3 Å². The topological polar surface area (TPSA) is 137 Å². The lowest BCUT2D eigenvalue weighted by Gasteiger charge is -2.31. The zero-order chi connectivity index (χ0) is 26.4. The lowest BCUT2D eigenvalue weighted by molar-refractivity contribution is -0.163. The van der Waals surface area contributed by atoms with Crippen LogP contribution in [-0.4, -0.2) is 72.6 Å². The van der Waals surface area contributed by atoms with Gasteiger partial charge in [0.1, 0.15) is 5.69 Å². The first-order valence-corrected chi connectivity index (χ1v) is 11.8. The van der Waals surface area contributed by atoms with Crippen molar-refractivity contribution in [2.45, 2.75) is 26.0 Å². The Hall–Kier alpha value is -4.15. The van der Waals surface area contributed by atoms with E-state index in [0.29, 0.717) is 46.8 Å². The number of aliphatic imine (C=N–C) groups is 1. The zero-order valence-corrected chi connectivity index (χ0v) is 21.0. The maximum Gasteiger partial charge on any atom is 0.305 e. The van der Waals surface area contributed by atoms with Crippen LogP contribution in [0.1, 0.15) is 30.8 Å². The van der Waals surface area contributed by atoms with Crippen molar-refractivity contribution in [3.8, 4) is 17.2 Å². The van der Waals surface area contributed by atoms with E-state index in [4.69, 9.17) is 18.9 Å². The lowest BCUT2D eigenvalue weighted by atomic mass is 9.74. The summed E-state index contributed by atoms with van der Waals surface area (Å²) in [5.41, 5.74) is -0.977. The average molecular weight is 507 g/mol. The molecule has 2 aliphatic heterocycles. The Morgan fingerprint density at radius 2 is 1.84 bits per heavy atom. The SMILES string of the molecule is COc1cc2cc(C(=O)N3C[C@H]4C[C@@]45C3=CC(=O)C3=NC(C)(OC(C)=O)C(=O)C35)[nH]c2c(OC)c1OC. The molecule has 2 aliphatic carbocycles. The minimum Gasteiger partial charge on any atom is -0.493 e. The maximum absolute atomic E-state index is 13.8. The number of Topliss-reactive ketones (excluding diaryl/α,β-unsaturated/α-hetero) is 1. The number of hydrogen-bond donors (Lipinski definition) is 1. The van der Waals surface area contributed by atoms with Gasteiger partial charge in [0.2, 0.25) is 17.3 Å². The van der Waals surface area contributed by atoms with Crippen LogP contribution in [0.5, 0.6) is 17.2 Å². The van der Waals surface area contributed by atoms with Crippen LogP contribution in [0.15, 0.2) is 28.9 Å². The first-order chi connectivity index (χ1) is 17.6. The van der Waals surface area contributed by atoms with Gasteiger partial charge in [0.05, 0.1) is 38.5 Å². The molecule has 2 unspecified atom stereocenters. The predicted octanol–water partition coefficient (Wildman–Crippen LogP) is 2.04. The Morgan fingerprint density at radius 1 is 1.11 bits per heavy atom. The van der Waals surface area contributed by atoms with Crippen molar-refractivity contribution in [3.05, 3.63) is 29.6 Å². The number of allylic oxidation sites excluding steroid dienone is 2. The van der Waals surface area contributed by atoms with Gasteiger partial charge in [-0.15, -0.1) is 0 Å². The molecule has 1 aromatic heterocycles. The van der Waals surface area contributed by atoms with E-state index < -0.39 is 34.6 Å². The predicted molar refractivity (Wildman–Crippen MR) is 129 cm³/mol. The third-order valence-corrected chi connectivity index (χ3v) is 7.92. The van der Waals surface area contributed by atoms with E-state index in [2.05, 4.69) is 9.98 Å². The summed E-state index contributed by atoms with van der Waals surface area (Å²) in [5, 5.41) is 0.683. The fourth-order valence-corrected chi connectivity index (χ4v) is 6.34. The molecule has 1 aromatic carbocycles. The largest absolute Gasteiger partial charge is 0.493 e. The van der Waals surface area contributed by atoms with E-state index >= 15 is 0 Å². The number of ether oxygens (including phenoxy) is 4. The van der Waals surface area contributed by atoms with Gasteiger partial charge in [0, 0.05) is 43.0 Å². The number of esters is 1. The van der Waals surface area contributed by atoms with Gasteiger partial charge in [-0.05, 0) is 24.5 Å². The van der Waals surface area contributed by atoms with Crippen molar-refractivity contribution in [2.75, 3.05) is 27.9 Å². The van der Waals surface area contributed by atoms with Crippen LogP contribution in [0.3, 0.4) is 0 Å². The summed E-state index contributed by atoms with van der Waals surface area (Å²) in [6.07, 6.45) is 2.05. The van der Waals surface area contributed by atoms with Gasteiger partial charge in [0.15, 0.2) is 11.5 Å². The second kappa shape index (κ2) is 7.44. The van der Waals surface area contributed by atoms with Crippen LogP contribution in [0.2, 0.25) is 0 Å². The number of ketones is 2. The number of rotatable bonds is 5. The molecule has 1 N–H and O–H groups in total. The monoisotopic (exact) mass is 507 g/mol. The number of nitrogens with zero attached hydrogens (tertiary/aromatic N) is 2. The molecule has 11 heteroatoms. The molecule has 1 spiro atoms. The normalized spacial score (nSPS) is 29.3. The van der Waals surface area contributed by atoms with Crippen molar-refractivity contribution < 1.29 is 38.1 Å². The zero-order valence-electron chi connectivity index (χ0n) is 21.0. The molecule has 4 aliphatic rings. The van der Waals surface area contributed by atoms with Crippen molar-refractivity contribution in [2.24, 2.45) is 22.2 Å². The standard InChI is InChI=1S/C26H25N3O8/c1-11(30)37-25(2)23(32)18-20(28-25)15(31)8-17-26(18)9-13(26)10-29(17)24(33)14-6-12-7-16(34-3)21(35-4)22(36-5)19(12)27-14/h6-8,13,18,27H,9-10H2,1-5H3/t13-,18?,25?,26+/m1/s1. The molecule has 2 aromatic rings. The highest BCUT2D eigenvalue weighted by molar-refractivity contribution is 6.51. The number of amides is 1. The highest BCUT2D eigenvalue weighted by atomic mass is 16.6. The Morgan fingerprint density at radius 3 is 2.49 bits per heavy atom. The van der Waals surface area contributed by atoms with Crippen LogP contribution < -0.4 is 14.2 Å². The van der Waals surface area contributed by atoms with E-state index in [-0.39, 0.29) is 23.2 Å². The molecular weight excluding hydrogens is 482 g/mol. The van der Waals surface area contributed by atoms with Gasteiger partial charge in [0.25, 0.3) is 11.6 Å². The van der Waals surface area contributed by atoms with E-state index in [9.17, 15) is 19.2 Å². The third-order valence-electron chi connectivity index (χ3n) is 7.92. The number of aromatic nitrogens is 1. The van der Waals surface area contributed by atoms with E-state index in [1.54, 1.807) is 17.0 Å². The lowest BCUT2D eigenvalue weighted by Crippen LogP contribution is -2.45. The number of aromatic amines is 1. The molecule has 6 rings (SSSR count). The summed E-state index contributed by atoms with van der Waals surface area (Å²) in [6.45, 7) is 2.96. The maximum atomic E-state index is 13.8. The number of carbonyl (C=O) groups excluding carboxylic acids is 4. The summed E-state index contributed by atoms with van der Waals surface area (Å²) in [6, 6.07) is 3.43. The summed E-state index contributed by atoms with van der Waals surface area (Å²) >= 11 is 0. The van der Waals surface area contributed by atoms with Crippen molar-refractivity contribution >= 4 is 40.1 Å². The average Bonchev–Trinajstić information content (AvgIpc) is 3.11. The number of hydrogen-bond acceptors (Lipinski definition) is 9. The number of fused-ring (bicyclic) bond motifs is 2. The molecule has 1 amide bonds. The Balaban J connectivity index is 1.38. The molecular formula is C26H25N3O8. The Kier molecular flexibility index (Phi) is 4.67. The number of carbonyl (C=O) groups is 4. The first kappa shape index (κ1) is 23.3. The summed E-state index contributed by atoms with van der Waals surface area (Å²) in [5.74, 6) is -1.48. The Labute approximate surface area is 211 Å². The van der Waals surface area contributed by atoms with Crippen LogP contribution >= 0.6 is 0 Å². The highest BCUT2D eigenvalue weighted by Crippen LogP contribution is 2.71. The Bertz CT molecular complexity index is 1500. The first-order valence-electron chi connectivity index (χ1n) is 11.8. The second-order valence-electron chi connectivity index (χ2n) is 9.91. The molecule has 4 atom stereocenters. The van der Waals surface area contributed by atoms with Gasteiger partial charge in [-0.25, -0.2) is 4.99 Å². The molecule has 192 valence electrons. The van der Waals surface area contributed by atoms with Gasteiger partial charge >= 0.3 is 5.97 Å². The molecule has 3 heterocycles. The number of H-pyrrole nitrogens is 1. The molecule has 0 radical (unpaired) electrons. The van der Waals surface area contributed by atoms with Crippen molar-refractivity contribution in [1.29, 1.82) is 0 Å². The van der Waals surface area contributed by atoms with E-state index in [0.717, 1.165) is 0 Å². The van der Waals surface area contributed by atoms with Crippen molar-refractivity contribution in [3.63, 3.8) is 0 Å². The molecule has 37 heavy (non-hydrogen) atoms. The fraction of sp³-hybridized carbons (Fsp3) is 0.423. The van der Waals surface area contributed by atoms with E-state index in [1.165, 1.54) is 41.3 Å². The van der Waals surface area contributed by atoms with Crippen molar-refractivity contribution in [1.82, 2.24) is 9.88 Å². The smallest absolute Gasteiger partial charge is 0.305 e. The minimum atomic E-state index is -1.74. The number of methoxy groups -OCH3 is 3. The fourth-order valence-electron chi connectivity index (χ4n) is 6.34. The molecule has 11 nitrogen and oxygen atoms in total. The highest BCUT2D eigenvalue weighted by Gasteiger charge is 2.75. The number of piperidine rings is 1. The molecule has 0 bridgehead atoms. The minimum absolute atomic E-state index is 0.00581. The number of likely N-dealkylation sites (tertiary alicyclic amines) is 1. The summed E-state index contributed by atoms with van der Waals surface area (Å²) in [7, 11) is 4.51. The molecule has 2 fully saturated rings. The van der Waals surface area contributed by atoms with Gasteiger partial charge in [-0.2, -0.15) is 0 Å². The van der Waals surface area contributed by atoms with Gasteiger partial charge < -0.3 is 28.8 Å². The van der Waals surface area contributed by atoms with Crippen LogP contribution in [-0.2, 0) is 19.1 Å². The summed E-state index contributed by atoms with van der Waals surface area (Å²) in [4.78, 5) is 60.9. The molecule has 1 saturated heterocycles. The van der Waals surface area contributed by atoms with Crippen LogP contribution in [0.25, 0.3) is 10.9 Å². The van der Waals surface area contributed by atoms with E-state index in [1.807, 2.05) is 0 Å². The molecule has 1 saturated carbocycles. The summed E-state index contributed by atoms with van der Waals surface area (Å²) < 4.78 is 21.6. The van der Waals surface area contributed by atoms with Gasteiger partial charge in [-0.1, -0.05) is 0 Å². The third kappa shape index (κ3) is 2.90.